The average molecular weight is 196 g/mol. The van der Waals surface area contributed by atoms with Crippen LogP contribution < -0.4 is 0 Å². The summed E-state index contributed by atoms with van der Waals surface area (Å²) >= 11 is 0. The van der Waals surface area contributed by atoms with Gasteiger partial charge in [-0.2, -0.15) is 0 Å². The van der Waals surface area contributed by atoms with Crippen LogP contribution in [0.2, 0.25) is 0 Å². The van der Waals surface area contributed by atoms with E-state index >= 15 is 0 Å². The van der Waals surface area contributed by atoms with E-state index in [0.717, 1.165) is 6.42 Å². The van der Waals surface area contributed by atoms with E-state index in [1.165, 1.54) is 5.57 Å². The smallest absolute Gasteiger partial charge is 0.308 e. The zero-order chi connectivity index (χ0) is 10.9. The summed E-state index contributed by atoms with van der Waals surface area (Å²) in [5, 5.41) is 0. The van der Waals surface area contributed by atoms with Crippen molar-refractivity contribution in [1.29, 1.82) is 0 Å². The van der Waals surface area contributed by atoms with Crippen molar-refractivity contribution in [3.63, 3.8) is 0 Å². The summed E-state index contributed by atoms with van der Waals surface area (Å²) in [6.07, 6.45) is 3.11. The van der Waals surface area contributed by atoms with Crippen molar-refractivity contribution >= 4 is 5.97 Å². The zero-order valence-corrected chi connectivity index (χ0v) is 9.76. The Morgan fingerprint density at radius 1 is 1.57 bits per heavy atom. The average Bonchev–Trinajstić information content (AvgIpc) is 2.24. The number of carbonyl (C=O) groups excluding carboxylic acids is 1. The number of allylic oxidation sites excluding steroid dienone is 1. The lowest BCUT2D eigenvalue weighted by atomic mass is 9.93. The first-order valence-corrected chi connectivity index (χ1v) is 5.22. The second-order valence-electron chi connectivity index (χ2n) is 5.16. The Labute approximate surface area is 86.3 Å². The largest absolute Gasteiger partial charge is 0.458 e. The van der Waals surface area contributed by atoms with Crippen molar-refractivity contribution in [2.75, 3.05) is 0 Å². The predicted molar refractivity (Wildman–Crippen MR) is 56.9 cm³/mol. The number of rotatable bonds is 2. The Balaban J connectivity index is 2.58. The zero-order valence-electron chi connectivity index (χ0n) is 9.76. The molecule has 0 heterocycles. The highest BCUT2D eigenvalue weighted by atomic mass is 16.5. The van der Waals surface area contributed by atoms with Gasteiger partial charge in [0.2, 0.25) is 0 Å². The number of hydrogen-bond acceptors (Lipinski definition) is 2. The Hall–Kier alpha value is -0.790. The molecule has 1 atom stereocenters. The third-order valence-corrected chi connectivity index (χ3v) is 2.57. The standard InChI is InChI=1S/C12H20O2/c1-8(2)11(13)14-10-7-12(4,5)6-9(10)3/h6,8,10H,7H2,1-5H3. The van der Waals surface area contributed by atoms with Crippen LogP contribution in [0.1, 0.15) is 41.0 Å². The number of esters is 1. The van der Waals surface area contributed by atoms with Gasteiger partial charge in [-0.3, -0.25) is 4.79 Å². The Kier molecular flexibility index (Phi) is 3.03. The third kappa shape index (κ3) is 2.60. The maximum absolute atomic E-state index is 11.4. The molecule has 0 spiro atoms. The van der Waals surface area contributed by atoms with Crippen LogP contribution in [0.5, 0.6) is 0 Å². The molecule has 0 aromatic heterocycles. The molecule has 1 aliphatic rings. The van der Waals surface area contributed by atoms with E-state index in [1.807, 2.05) is 20.8 Å². The predicted octanol–water partition coefficient (Wildman–Crippen LogP) is 2.93. The lowest BCUT2D eigenvalue weighted by molar-refractivity contribution is -0.151. The van der Waals surface area contributed by atoms with Gasteiger partial charge in [-0.1, -0.05) is 33.8 Å². The maximum atomic E-state index is 11.4. The molecule has 0 aromatic rings. The molecule has 0 amide bonds. The molecule has 0 N–H and O–H groups in total. The summed E-state index contributed by atoms with van der Waals surface area (Å²) in [5.74, 6) is -0.132. The van der Waals surface area contributed by atoms with Crippen molar-refractivity contribution in [1.82, 2.24) is 0 Å². The molecule has 1 rings (SSSR count). The fourth-order valence-electron chi connectivity index (χ4n) is 1.82. The van der Waals surface area contributed by atoms with E-state index in [2.05, 4.69) is 19.9 Å². The molecule has 0 saturated heterocycles. The minimum absolute atomic E-state index is 0.0000926. The summed E-state index contributed by atoms with van der Waals surface area (Å²) in [6, 6.07) is 0. The Morgan fingerprint density at radius 2 is 2.14 bits per heavy atom. The highest BCUT2D eigenvalue weighted by Crippen LogP contribution is 2.36. The summed E-state index contributed by atoms with van der Waals surface area (Å²) in [5.41, 5.74) is 1.36. The molecular weight excluding hydrogens is 176 g/mol. The molecule has 0 aliphatic heterocycles. The van der Waals surface area contributed by atoms with Crippen molar-refractivity contribution in [2.45, 2.75) is 47.1 Å². The van der Waals surface area contributed by atoms with E-state index in [4.69, 9.17) is 4.74 Å². The Bertz CT molecular complexity index is 261. The summed E-state index contributed by atoms with van der Waals surface area (Å²) in [6.45, 7) is 10.1. The quantitative estimate of drug-likeness (QED) is 0.501. The maximum Gasteiger partial charge on any atom is 0.308 e. The van der Waals surface area contributed by atoms with E-state index in [1.54, 1.807) is 0 Å². The van der Waals surface area contributed by atoms with Crippen molar-refractivity contribution < 1.29 is 9.53 Å². The fourth-order valence-corrected chi connectivity index (χ4v) is 1.82. The molecule has 1 aliphatic carbocycles. The van der Waals surface area contributed by atoms with Crippen LogP contribution in [0, 0.1) is 11.3 Å². The third-order valence-electron chi connectivity index (χ3n) is 2.57. The summed E-state index contributed by atoms with van der Waals surface area (Å²) in [7, 11) is 0. The molecule has 0 bridgehead atoms. The van der Waals surface area contributed by atoms with Gasteiger partial charge in [-0.05, 0) is 24.3 Å². The van der Waals surface area contributed by atoms with Crippen LogP contribution in [-0.2, 0) is 9.53 Å². The molecule has 14 heavy (non-hydrogen) atoms. The van der Waals surface area contributed by atoms with Crippen LogP contribution in [-0.4, -0.2) is 12.1 Å². The number of hydrogen-bond donors (Lipinski definition) is 0. The molecule has 1 unspecified atom stereocenters. The van der Waals surface area contributed by atoms with E-state index in [9.17, 15) is 4.79 Å². The van der Waals surface area contributed by atoms with Gasteiger partial charge in [0, 0.05) is 0 Å². The van der Waals surface area contributed by atoms with Crippen LogP contribution in [0.3, 0.4) is 0 Å². The molecule has 2 nitrogen and oxygen atoms in total. The van der Waals surface area contributed by atoms with Gasteiger partial charge in [0.1, 0.15) is 6.10 Å². The summed E-state index contributed by atoms with van der Waals surface area (Å²) in [4.78, 5) is 11.4. The van der Waals surface area contributed by atoms with Crippen LogP contribution in [0.25, 0.3) is 0 Å². The van der Waals surface area contributed by atoms with Crippen LogP contribution >= 0.6 is 0 Å². The van der Waals surface area contributed by atoms with Crippen molar-refractivity contribution in [3.8, 4) is 0 Å². The van der Waals surface area contributed by atoms with E-state index in [0.29, 0.717) is 0 Å². The fraction of sp³-hybridized carbons (Fsp3) is 0.750. The summed E-state index contributed by atoms with van der Waals surface area (Å²) < 4.78 is 5.41. The lowest BCUT2D eigenvalue weighted by Crippen LogP contribution is -2.22. The van der Waals surface area contributed by atoms with Gasteiger partial charge in [-0.25, -0.2) is 0 Å². The van der Waals surface area contributed by atoms with Gasteiger partial charge < -0.3 is 4.74 Å². The SMILES string of the molecule is CC1=CC(C)(C)CC1OC(=O)C(C)C. The molecule has 0 fully saturated rings. The second-order valence-corrected chi connectivity index (χ2v) is 5.16. The van der Waals surface area contributed by atoms with Gasteiger partial charge in [0.25, 0.3) is 0 Å². The molecule has 0 radical (unpaired) electrons. The highest BCUT2D eigenvalue weighted by molar-refractivity contribution is 5.72. The first kappa shape index (κ1) is 11.3. The van der Waals surface area contributed by atoms with E-state index in [-0.39, 0.29) is 23.4 Å². The van der Waals surface area contributed by atoms with Gasteiger partial charge >= 0.3 is 5.97 Å². The minimum Gasteiger partial charge on any atom is -0.458 e. The highest BCUT2D eigenvalue weighted by Gasteiger charge is 2.32. The monoisotopic (exact) mass is 196 g/mol. The lowest BCUT2D eigenvalue weighted by Gasteiger charge is -2.19. The topological polar surface area (TPSA) is 26.3 Å². The number of ether oxygens (including phenoxy) is 1. The molecule has 0 saturated carbocycles. The van der Waals surface area contributed by atoms with Crippen molar-refractivity contribution in [3.05, 3.63) is 11.6 Å². The first-order valence-electron chi connectivity index (χ1n) is 5.22. The molecule has 2 heteroatoms. The molecular formula is C12H20O2. The molecule has 0 aromatic carbocycles. The Morgan fingerprint density at radius 3 is 2.50 bits per heavy atom. The molecule has 80 valence electrons. The first-order chi connectivity index (χ1) is 6.32. The second kappa shape index (κ2) is 3.76. The van der Waals surface area contributed by atoms with Gasteiger partial charge in [-0.15, -0.1) is 0 Å². The van der Waals surface area contributed by atoms with E-state index < -0.39 is 0 Å². The minimum atomic E-state index is -0.0968. The van der Waals surface area contributed by atoms with Gasteiger partial charge in [0.15, 0.2) is 0 Å². The van der Waals surface area contributed by atoms with Crippen LogP contribution in [0.15, 0.2) is 11.6 Å². The normalized spacial score (nSPS) is 25.0. The van der Waals surface area contributed by atoms with Crippen molar-refractivity contribution in [2.24, 2.45) is 11.3 Å². The van der Waals surface area contributed by atoms with Gasteiger partial charge in [0.05, 0.1) is 5.92 Å². The van der Waals surface area contributed by atoms with Crippen LogP contribution in [0.4, 0.5) is 0 Å². The number of carbonyl (C=O) groups is 1.